The van der Waals surface area contributed by atoms with Gasteiger partial charge in [0.2, 0.25) is 5.91 Å². The van der Waals surface area contributed by atoms with Crippen molar-refractivity contribution in [3.63, 3.8) is 0 Å². The highest BCUT2D eigenvalue weighted by molar-refractivity contribution is 6.06. The summed E-state index contributed by atoms with van der Waals surface area (Å²) < 4.78 is 1.82. The normalized spacial score (nSPS) is 15.8. The smallest absolute Gasteiger partial charge is 0.324 e. The van der Waals surface area contributed by atoms with Gasteiger partial charge in [-0.2, -0.15) is 10.2 Å². The fourth-order valence-corrected chi connectivity index (χ4v) is 3.12. The molecule has 4 amide bonds. The molecule has 1 aliphatic heterocycles. The van der Waals surface area contributed by atoms with Crippen molar-refractivity contribution in [2.24, 2.45) is 5.10 Å². The number of hydrazone groups is 1. The first-order chi connectivity index (χ1) is 13.7. The van der Waals surface area contributed by atoms with Gasteiger partial charge in [0.15, 0.2) is 0 Å². The first kappa shape index (κ1) is 20.2. The van der Waals surface area contributed by atoms with E-state index in [1.807, 2.05) is 48.9 Å². The average molecular weight is 396 g/mol. The number of aromatic nitrogens is 2. The van der Waals surface area contributed by atoms with Crippen LogP contribution < -0.4 is 10.7 Å². The molecule has 0 unspecified atom stereocenters. The second kappa shape index (κ2) is 7.86. The predicted molar refractivity (Wildman–Crippen MR) is 108 cm³/mol. The molecule has 0 radical (unpaired) electrons. The number of aryl methyl sites for hydroxylation is 1. The van der Waals surface area contributed by atoms with Crippen LogP contribution in [0.5, 0.6) is 0 Å². The monoisotopic (exact) mass is 396 g/mol. The number of benzene rings is 1. The van der Waals surface area contributed by atoms with E-state index < -0.39 is 17.5 Å². The molecule has 0 spiro atoms. The fraction of sp³-hybridized carbons (Fsp3) is 0.350. The van der Waals surface area contributed by atoms with E-state index in [-0.39, 0.29) is 18.9 Å². The van der Waals surface area contributed by atoms with Gasteiger partial charge in [-0.25, -0.2) is 14.9 Å². The lowest BCUT2D eigenvalue weighted by Gasteiger charge is -2.15. The minimum Gasteiger partial charge on any atom is -0.324 e. The van der Waals surface area contributed by atoms with E-state index in [0.29, 0.717) is 0 Å². The summed E-state index contributed by atoms with van der Waals surface area (Å²) in [6.45, 7) is 7.04. The first-order valence-electron chi connectivity index (χ1n) is 9.28. The van der Waals surface area contributed by atoms with Gasteiger partial charge in [-0.05, 0) is 39.8 Å². The van der Waals surface area contributed by atoms with Crippen molar-refractivity contribution in [3.05, 3.63) is 47.3 Å². The quantitative estimate of drug-likeness (QED) is 0.440. The molecule has 1 fully saturated rings. The van der Waals surface area contributed by atoms with E-state index in [1.54, 1.807) is 20.1 Å². The van der Waals surface area contributed by atoms with Gasteiger partial charge in [-0.15, -0.1) is 0 Å². The van der Waals surface area contributed by atoms with Crippen LogP contribution in [0.3, 0.4) is 0 Å². The van der Waals surface area contributed by atoms with Crippen LogP contribution in [0.4, 0.5) is 4.79 Å². The number of rotatable bonds is 6. The highest BCUT2D eigenvalue weighted by atomic mass is 16.2. The number of carbonyl (C=O) groups excluding carboxylic acids is 3. The van der Waals surface area contributed by atoms with Crippen molar-refractivity contribution >= 4 is 24.1 Å². The summed E-state index contributed by atoms with van der Waals surface area (Å²) in [5.41, 5.74) is 4.92. The summed E-state index contributed by atoms with van der Waals surface area (Å²) in [6.07, 6.45) is 1.51. The number of hydrogen-bond acceptors (Lipinski definition) is 5. The fourth-order valence-electron chi connectivity index (χ4n) is 3.12. The Labute approximate surface area is 168 Å². The standard InChI is InChI=1S/C20H24N6O3/c1-13-16(14(2)26(24-13)15-8-6-5-7-9-15)12-21-23-17(27)10-11-25-18(28)20(3,4)22-19(25)29/h5-9,12H,10-11H2,1-4H3,(H,22,29)(H,23,27)/b21-12-. The highest BCUT2D eigenvalue weighted by Gasteiger charge is 2.43. The maximum Gasteiger partial charge on any atom is 0.325 e. The zero-order chi connectivity index (χ0) is 21.2. The third-order valence-corrected chi connectivity index (χ3v) is 4.74. The van der Waals surface area contributed by atoms with Crippen LogP contribution in [0.1, 0.15) is 37.2 Å². The zero-order valence-corrected chi connectivity index (χ0v) is 16.9. The Bertz CT molecular complexity index is 978. The lowest BCUT2D eigenvalue weighted by Crippen LogP contribution is -2.40. The molecule has 3 rings (SSSR count). The molecular weight excluding hydrogens is 372 g/mol. The Hall–Kier alpha value is -3.49. The number of carbonyl (C=O) groups is 3. The third kappa shape index (κ3) is 4.18. The van der Waals surface area contributed by atoms with E-state index in [9.17, 15) is 14.4 Å². The van der Waals surface area contributed by atoms with Crippen molar-refractivity contribution in [2.75, 3.05) is 6.54 Å². The second-order valence-corrected chi connectivity index (χ2v) is 7.39. The largest absolute Gasteiger partial charge is 0.325 e. The lowest BCUT2D eigenvalue weighted by atomic mass is 10.1. The van der Waals surface area contributed by atoms with Crippen molar-refractivity contribution < 1.29 is 14.4 Å². The van der Waals surface area contributed by atoms with Crippen LogP contribution in [-0.4, -0.2) is 50.8 Å². The van der Waals surface area contributed by atoms with Crippen LogP contribution in [0.15, 0.2) is 35.4 Å². The third-order valence-electron chi connectivity index (χ3n) is 4.74. The van der Waals surface area contributed by atoms with Crippen LogP contribution in [0.2, 0.25) is 0 Å². The van der Waals surface area contributed by atoms with E-state index in [1.165, 1.54) is 0 Å². The molecule has 1 aromatic carbocycles. The highest BCUT2D eigenvalue weighted by Crippen LogP contribution is 2.17. The van der Waals surface area contributed by atoms with Gasteiger partial charge in [0.1, 0.15) is 5.54 Å². The lowest BCUT2D eigenvalue weighted by molar-refractivity contribution is -0.130. The van der Waals surface area contributed by atoms with Crippen LogP contribution in [0, 0.1) is 13.8 Å². The molecule has 2 N–H and O–H groups in total. The topological polar surface area (TPSA) is 109 Å². The maximum absolute atomic E-state index is 12.1. The molecule has 152 valence electrons. The van der Waals surface area contributed by atoms with Gasteiger partial charge in [0.05, 0.1) is 23.3 Å². The van der Waals surface area contributed by atoms with E-state index in [0.717, 1.165) is 27.5 Å². The summed E-state index contributed by atoms with van der Waals surface area (Å²) in [5, 5.41) is 11.1. The Kier molecular flexibility index (Phi) is 5.49. The number of para-hydroxylation sites is 1. The van der Waals surface area contributed by atoms with Crippen LogP contribution in [0.25, 0.3) is 5.69 Å². The first-order valence-corrected chi connectivity index (χ1v) is 9.28. The van der Waals surface area contributed by atoms with Crippen molar-refractivity contribution in [1.29, 1.82) is 0 Å². The Morgan fingerprint density at radius 2 is 1.93 bits per heavy atom. The van der Waals surface area contributed by atoms with Gasteiger partial charge < -0.3 is 5.32 Å². The summed E-state index contributed by atoms with van der Waals surface area (Å²) in [4.78, 5) is 37.0. The molecule has 1 aromatic heterocycles. The molecule has 0 aliphatic carbocycles. The van der Waals surface area contributed by atoms with E-state index in [4.69, 9.17) is 0 Å². The number of imide groups is 1. The summed E-state index contributed by atoms with van der Waals surface area (Å²) >= 11 is 0. The Morgan fingerprint density at radius 3 is 2.55 bits per heavy atom. The zero-order valence-electron chi connectivity index (χ0n) is 16.9. The summed E-state index contributed by atoms with van der Waals surface area (Å²) in [5.74, 6) is -0.740. The van der Waals surface area contributed by atoms with Crippen LogP contribution in [-0.2, 0) is 9.59 Å². The number of hydrogen-bond donors (Lipinski definition) is 2. The van der Waals surface area contributed by atoms with Crippen LogP contribution >= 0.6 is 0 Å². The predicted octanol–water partition coefficient (Wildman–Crippen LogP) is 1.66. The molecule has 9 nitrogen and oxygen atoms in total. The molecule has 0 bridgehead atoms. The number of nitrogens with one attached hydrogen (secondary N) is 2. The second-order valence-electron chi connectivity index (χ2n) is 7.39. The van der Waals surface area contributed by atoms with E-state index in [2.05, 4.69) is 20.9 Å². The van der Waals surface area contributed by atoms with Gasteiger partial charge in [0, 0.05) is 18.5 Å². The Balaban J connectivity index is 1.59. The molecule has 9 heteroatoms. The minimum absolute atomic E-state index is 0.000550. The molecular formula is C20H24N6O3. The summed E-state index contributed by atoms with van der Waals surface area (Å²) in [7, 11) is 0. The number of amides is 4. The van der Waals surface area contributed by atoms with Gasteiger partial charge in [-0.3, -0.25) is 14.5 Å². The van der Waals surface area contributed by atoms with Gasteiger partial charge in [0.25, 0.3) is 5.91 Å². The van der Waals surface area contributed by atoms with Crippen molar-refractivity contribution in [1.82, 2.24) is 25.4 Å². The molecule has 2 aromatic rings. The minimum atomic E-state index is -0.945. The van der Waals surface area contributed by atoms with Gasteiger partial charge in [-0.1, -0.05) is 18.2 Å². The average Bonchev–Trinajstić information content (AvgIpc) is 3.06. The molecule has 0 atom stereocenters. The molecule has 1 saturated heterocycles. The van der Waals surface area contributed by atoms with Crippen molar-refractivity contribution in [2.45, 2.75) is 39.7 Å². The molecule has 1 aliphatic rings. The maximum atomic E-state index is 12.1. The number of nitrogens with zero attached hydrogens (tertiary/aromatic N) is 4. The summed E-state index contributed by atoms with van der Waals surface area (Å²) in [6, 6.07) is 9.24. The van der Waals surface area contributed by atoms with Gasteiger partial charge >= 0.3 is 6.03 Å². The molecule has 29 heavy (non-hydrogen) atoms. The number of urea groups is 1. The van der Waals surface area contributed by atoms with Crippen molar-refractivity contribution in [3.8, 4) is 5.69 Å². The van der Waals surface area contributed by atoms with E-state index >= 15 is 0 Å². The molecule has 0 saturated carbocycles. The molecule has 2 heterocycles. The SMILES string of the molecule is Cc1nn(-c2ccccc2)c(C)c1/C=N\NC(=O)CCN1C(=O)NC(C)(C)C1=O. The Morgan fingerprint density at radius 1 is 1.24 bits per heavy atom.